The molecule has 0 radical (unpaired) electrons. The highest BCUT2D eigenvalue weighted by Crippen LogP contribution is 2.30. The molecule has 4 rings (SSSR count). The van der Waals surface area contributed by atoms with E-state index in [1.165, 1.54) is 28.5 Å². The van der Waals surface area contributed by atoms with Gasteiger partial charge in [-0.25, -0.2) is 0 Å². The number of nitrogens with one attached hydrogen (secondary N) is 1. The zero-order valence-electron chi connectivity index (χ0n) is 17.5. The van der Waals surface area contributed by atoms with Crippen molar-refractivity contribution in [1.29, 1.82) is 0 Å². The second kappa shape index (κ2) is 9.39. The van der Waals surface area contributed by atoms with E-state index in [1.54, 1.807) is 6.07 Å². The molecule has 3 aromatic rings. The Morgan fingerprint density at radius 3 is 2.68 bits per heavy atom. The summed E-state index contributed by atoms with van der Waals surface area (Å²) in [5, 5.41) is 6.05. The summed E-state index contributed by atoms with van der Waals surface area (Å²) in [7, 11) is 0. The van der Waals surface area contributed by atoms with Gasteiger partial charge in [0, 0.05) is 31.7 Å². The first-order valence-corrected chi connectivity index (χ1v) is 10.6. The van der Waals surface area contributed by atoms with Crippen molar-refractivity contribution in [3.8, 4) is 0 Å². The van der Waals surface area contributed by atoms with E-state index in [4.69, 9.17) is 4.74 Å². The molecule has 1 saturated heterocycles. The highest BCUT2D eigenvalue weighted by molar-refractivity contribution is 5.86. The summed E-state index contributed by atoms with van der Waals surface area (Å²) in [6.45, 7) is 5.17. The summed E-state index contributed by atoms with van der Waals surface area (Å²) in [4.78, 5) is 2.21. The van der Waals surface area contributed by atoms with E-state index in [0.29, 0.717) is 38.4 Å². The second-order valence-electron chi connectivity index (χ2n) is 8.10. The van der Waals surface area contributed by atoms with Crippen LogP contribution in [0.5, 0.6) is 0 Å². The topological polar surface area (TPSA) is 24.5 Å². The first-order chi connectivity index (χ1) is 14.9. The standard InChI is InChI=1S/C25H27F3N2O/c1-18(23-11-5-8-20-7-2-3-10-24(20)23)29-15-22-17-31-13-12-30(22)16-19-6-4-9-21(14-19)25(26,27)28/h2-11,14,18,22,29H,12-13,15-17H2,1H3. The summed E-state index contributed by atoms with van der Waals surface area (Å²) in [5.41, 5.74) is 1.31. The second-order valence-corrected chi connectivity index (χ2v) is 8.10. The molecule has 0 amide bonds. The van der Waals surface area contributed by atoms with Crippen molar-refractivity contribution in [2.24, 2.45) is 0 Å². The number of alkyl halides is 3. The SMILES string of the molecule is CC(NCC1COCCN1Cc1cccc(C(F)(F)F)c1)c1cccc2ccccc12. The minimum Gasteiger partial charge on any atom is -0.378 e. The van der Waals surface area contributed by atoms with Crippen molar-refractivity contribution in [3.05, 3.63) is 83.4 Å². The fourth-order valence-electron chi connectivity index (χ4n) is 4.22. The molecule has 0 bridgehead atoms. The highest BCUT2D eigenvalue weighted by atomic mass is 19.4. The van der Waals surface area contributed by atoms with Crippen LogP contribution in [-0.2, 0) is 17.5 Å². The summed E-state index contributed by atoms with van der Waals surface area (Å²) >= 11 is 0. The average Bonchev–Trinajstić information content (AvgIpc) is 2.77. The largest absolute Gasteiger partial charge is 0.416 e. The number of ether oxygens (including phenoxy) is 1. The van der Waals surface area contributed by atoms with Crippen LogP contribution < -0.4 is 5.32 Å². The Balaban J connectivity index is 1.43. The fourth-order valence-corrected chi connectivity index (χ4v) is 4.22. The first kappa shape index (κ1) is 21.8. The molecule has 1 fully saturated rings. The predicted molar refractivity (Wildman–Crippen MR) is 117 cm³/mol. The van der Waals surface area contributed by atoms with Crippen LogP contribution in [0, 0.1) is 0 Å². The maximum atomic E-state index is 13.1. The van der Waals surface area contributed by atoms with Crippen LogP contribution in [0.3, 0.4) is 0 Å². The molecule has 1 aliphatic heterocycles. The highest BCUT2D eigenvalue weighted by Gasteiger charge is 2.31. The molecular weight excluding hydrogens is 401 g/mol. The Labute approximate surface area is 180 Å². The van der Waals surface area contributed by atoms with Crippen molar-refractivity contribution >= 4 is 10.8 Å². The van der Waals surface area contributed by atoms with Crippen molar-refractivity contribution in [1.82, 2.24) is 10.2 Å². The van der Waals surface area contributed by atoms with Crippen LogP contribution in [0.2, 0.25) is 0 Å². The number of rotatable bonds is 6. The van der Waals surface area contributed by atoms with E-state index < -0.39 is 11.7 Å². The number of fused-ring (bicyclic) bond motifs is 1. The van der Waals surface area contributed by atoms with E-state index in [2.05, 4.69) is 47.5 Å². The minimum absolute atomic E-state index is 0.0979. The molecule has 6 heteroatoms. The Hall–Kier alpha value is -2.41. The molecule has 3 aromatic carbocycles. The summed E-state index contributed by atoms with van der Waals surface area (Å²) in [6, 6.07) is 20.5. The lowest BCUT2D eigenvalue weighted by Gasteiger charge is -2.36. The van der Waals surface area contributed by atoms with Gasteiger partial charge in [0.2, 0.25) is 0 Å². The molecule has 164 valence electrons. The molecule has 3 nitrogen and oxygen atoms in total. The van der Waals surface area contributed by atoms with Crippen molar-refractivity contribution in [3.63, 3.8) is 0 Å². The molecule has 1 aliphatic rings. The molecule has 0 saturated carbocycles. The zero-order chi connectivity index (χ0) is 21.8. The van der Waals surface area contributed by atoms with Crippen LogP contribution in [0.15, 0.2) is 66.7 Å². The molecule has 0 aliphatic carbocycles. The lowest BCUT2D eigenvalue weighted by molar-refractivity contribution is -0.137. The number of halogens is 3. The van der Waals surface area contributed by atoms with Gasteiger partial charge in [0.05, 0.1) is 18.8 Å². The summed E-state index contributed by atoms with van der Waals surface area (Å²) < 4.78 is 44.9. The van der Waals surface area contributed by atoms with Gasteiger partial charge < -0.3 is 10.1 Å². The average molecular weight is 428 g/mol. The lowest BCUT2D eigenvalue weighted by atomic mass is 9.99. The van der Waals surface area contributed by atoms with Crippen LogP contribution in [0.4, 0.5) is 13.2 Å². The number of nitrogens with zero attached hydrogens (tertiary/aromatic N) is 1. The van der Waals surface area contributed by atoms with E-state index >= 15 is 0 Å². The van der Waals surface area contributed by atoms with Gasteiger partial charge >= 0.3 is 6.18 Å². The number of hydrogen-bond donors (Lipinski definition) is 1. The van der Waals surface area contributed by atoms with Crippen molar-refractivity contribution in [2.45, 2.75) is 31.7 Å². The van der Waals surface area contributed by atoms with E-state index in [0.717, 1.165) is 6.07 Å². The number of hydrogen-bond acceptors (Lipinski definition) is 3. The van der Waals surface area contributed by atoms with Gasteiger partial charge in [-0.05, 0) is 34.9 Å². The number of benzene rings is 3. The molecule has 1 N–H and O–H groups in total. The maximum Gasteiger partial charge on any atom is 0.416 e. The molecule has 0 aromatic heterocycles. The normalized spacial score (nSPS) is 18.9. The zero-order valence-corrected chi connectivity index (χ0v) is 17.5. The van der Waals surface area contributed by atoms with Crippen LogP contribution in [0.25, 0.3) is 10.8 Å². The van der Waals surface area contributed by atoms with Gasteiger partial charge in [-0.3, -0.25) is 4.90 Å². The third-order valence-electron chi connectivity index (χ3n) is 5.94. The van der Waals surface area contributed by atoms with Crippen molar-refractivity contribution in [2.75, 3.05) is 26.3 Å². The molecule has 31 heavy (non-hydrogen) atoms. The monoisotopic (exact) mass is 428 g/mol. The van der Waals surface area contributed by atoms with Gasteiger partial charge in [0.25, 0.3) is 0 Å². The minimum atomic E-state index is -4.32. The Kier molecular flexibility index (Phi) is 6.60. The van der Waals surface area contributed by atoms with Gasteiger partial charge in [0.1, 0.15) is 0 Å². The Morgan fingerprint density at radius 1 is 1.06 bits per heavy atom. The summed E-state index contributed by atoms with van der Waals surface area (Å²) in [6.07, 6.45) is -4.32. The maximum absolute atomic E-state index is 13.1. The lowest BCUT2D eigenvalue weighted by Crippen LogP contribution is -2.50. The number of morpholine rings is 1. The quantitative estimate of drug-likeness (QED) is 0.568. The van der Waals surface area contributed by atoms with Gasteiger partial charge in [-0.2, -0.15) is 13.2 Å². The van der Waals surface area contributed by atoms with Crippen molar-refractivity contribution < 1.29 is 17.9 Å². The Bertz CT molecular complexity index is 1020. The molecule has 0 spiro atoms. The molecular formula is C25H27F3N2O. The van der Waals surface area contributed by atoms with Gasteiger partial charge in [0.15, 0.2) is 0 Å². The van der Waals surface area contributed by atoms with E-state index in [-0.39, 0.29) is 12.1 Å². The first-order valence-electron chi connectivity index (χ1n) is 10.6. The Morgan fingerprint density at radius 2 is 1.84 bits per heavy atom. The van der Waals surface area contributed by atoms with E-state index in [1.807, 2.05) is 12.1 Å². The van der Waals surface area contributed by atoms with Crippen LogP contribution in [-0.4, -0.2) is 37.2 Å². The molecule has 2 unspecified atom stereocenters. The van der Waals surface area contributed by atoms with Crippen LogP contribution in [0.1, 0.15) is 29.7 Å². The smallest absolute Gasteiger partial charge is 0.378 e. The predicted octanol–water partition coefficient (Wildman–Crippen LogP) is 5.41. The fraction of sp³-hybridized carbons (Fsp3) is 0.360. The van der Waals surface area contributed by atoms with Crippen LogP contribution >= 0.6 is 0 Å². The summed E-state index contributed by atoms with van der Waals surface area (Å²) in [5.74, 6) is 0. The van der Waals surface area contributed by atoms with E-state index in [9.17, 15) is 13.2 Å². The van der Waals surface area contributed by atoms with Gasteiger partial charge in [-0.1, -0.05) is 60.7 Å². The van der Waals surface area contributed by atoms with Gasteiger partial charge in [-0.15, -0.1) is 0 Å². The third-order valence-corrected chi connectivity index (χ3v) is 5.94. The molecule has 1 heterocycles. The third kappa shape index (κ3) is 5.26. The molecule has 2 atom stereocenters.